The smallest absolute Gasteiger partial charge is 0.0538 e. The Morgan fingerprint density at radius 2 is 1.00 bits per heavy atom. The Balaban J connectivity index is 1.12. The zero-order chi connectivity index (χ0) is 32.3. The number of nitrogens with zero attached hydrogens (tertiary/aromatic N) is 2. The first kappa shape index (κ1) is 27.8. The molecule has 0 aliphatic carbocycles. The molecule has 0 saturated carbocycles. The molecule has 0 N–H and O–H groups in total. The first-order valence-corrected chi connectivity index (χ1v) is 17.1. The van der Waals surface area contributed by atoms with Gasteiger partial charge in [0.2, 0.25) is 0 Å². The fraction of sp³-hybridized carbons (Fsp3) is 0.0426. The molecular weight excluding hydrogens is 593 g/mol. The van der Waals surface area contributed by atoms with Crippen molar-refractivity contribution in [3.63, 3.8) is 0 Å². The predicted octanol–water partition coefficient (Wildman–Crippen LogP) is 12.1. The van der Waals surface area contributed by atoms with E-state index in [1.165, 1.54) is 93.5 Å². The summed E-state index contributed by atoms with van der Waals surface area (Å²) in [6.45, 7) is 0.830. The highest BCUT2D eigenvalue weighted by Gasteiger charge is 2.20. The van der Waals surface area contributed by atoms with Crippen molar-refractivity contribution in [3.8, 4) is 39.1 Å². The molecule has 0 fully saturated rings. The van der Waals surface area contributed by atoms with E-state index in [0.717, 1.165) is 13.0 Å². The number of para-hydroxylation sites is 1. The summed E-state index contributed by atoms with van der Waals surface area (Å²) in [5, 5.41) is 8.86. The quantitative estimate of drug-likeness (QED) is 0.173. The number of benzene rings is 8. The van der Waals surface area contributed by atoms with Gasteiger partial charge in [-0.2, -0.15) is 0 Å². The Kier molecular flexibility index (Phi) is 6.35. The number of fused-ring (bicyclic) bond motifs is 6. The number of rotatable bonds is 4. The number of hydrogen-bond acceptors (Lipinski definition) is 1. The first-order valence-electron chi connectivity index (χ1n) is 17.1. The molecule has 2 nitrogen and oxygen atoms in total. The van der Waals surface area contributed by atoms with Crippen molar-refractivity contribution in [2.75, 3.05) is 6.54 Å². The third-order valence-electron chi connectivity index (χ3n) is 10.3. The lowest BCUT2D eigenvalue weighted by Gasteiger charge is -2.18. The van der Waals surface area contributed by atoms with Crippen LogP contribution in [-0.4, -0.2) is 17.3 Å². The minimum absolute atomic E-state index is 0.830. The topological polar surface area (TPSA) is 17.3 Å². The van der Waals surface area contributed by atoms with Crippen molar-refractivity contribution in [2.45, 2.75) is 6.42 Å². The summed E-state index contributed by atoms with van der Waals surface area (Å²) >= 11 is 0. The van der Waals surface area contributed by atoms with Crippen LogP contribution in [0.2, 0.25) is 0 Å². The standard InChI is InChI=1S/C47H32N2/c1-2-12-37(13-3-1)49-44-25-24-35(29-42(44)43-30-48-27-26-45(43)49)32-18-21-33(22-19-32)46-38-14-6-8-16-40(38)47(41-17-9-7-15-39(41)46)36-23-20-31-10-4-5-11-34(31)28-36/h1-25,28-30H,26-27H2. The van der Waals surface area contributed by atoms with Crippen molar-refractivity contribution in [1.82, 2.24) is 4.57 Å². The van der Waals surface area contributed by atoms with E-state index in [9.17, 15) is 0 Å². The van der Waals surface area contributed by atoms with Crippen molar-refractivity contribution >= 4 is 49.4 Å². The van der Waals surface area contributed by atoms with Crippen LogP contribution in [0.1, 0.15) is 11.3 Å². The van der Waals surface area contributed by atoms with Gasteiger partial charge in [-0.05, 0) is 96.0 Å². The molecule has 230 valence electrons. The summed E-state index contributed by atoms with van der Waals surface area (Å²) in [5.74, 6) is 0. The van der Waals surface area contributed by atoms with E-state index in [0.29, 0.717) is 0 Å². The number of hydrogen-bond donors (Lipinski definition) is 0. The third kappa shape index (κ3) is 4.45. The van der Waals surface area contributed by atoms with Crippen LogP contribution in [0.4, 0.5) is 0 Å². The first-order chi connectivity index (χ1) is 24.3. The van der Waals surface area contributed by atoms with Crippen LogP contribution in [0.25, 0.3) is 82.3 Å². The van der Waals surface area contributed by atoms with Crippen LogP contribution >= 0.6 is 0 Å². The number of aromatic nitrogens is 1. The maximum atomic E-state index is 4.67. The van der Waals surface area contributed by atoms with Gasteiger partial charge in [0.25, 0.3) is 0 Å². The van der Waals surface area contributed by atoms with Gasteiger partial charge in [0.15, 0.2) is 0 Å². The minimum Gasteiger partial charge on any atom is -0.313 e. The van der Waals surface area contributed by atoms with Gasteiger partial charge < -0.3 is 4.57 Å². The highest BCUT2D eigenvalue weighted by Crippen LogP contribution is 2.44. The normalized spacial score (nSPS) is 12.7. The van der Waals surface area contributed by atoms with Crippen LogP contribution in [0, 0.1) is 0 Å². The summed E-state index contributed by atoms with van der Waals surface area (Å²) < 4.78 is 2.42. The minimum atomic E-state index is 0.830. The molecule has 2 heterocycles. The summed E-state index contributed by atoms with van der Waals surface area (Å²) in [6, 6.07) is 60.0. The molecule has 9 aromatic rings. The van der Waals surface area contributed by atoms with E-state index in [1.54, 1.807) is 0 Å². The fourth-order valence-corrected chi connectivity index (χ4v) is 8.06. The maximum Gasteiger partial charge on any atom is 0.0538 e. The second-order valence-electron chi connectivity index (χ2n) is 13.0. The van der Waals surface area contributed by atoms with Gasteiger partial charge in [0, 0.05) is 41.5 Å². The SMILES string of the molecule is C1=NCCc2c1c1cc(-c3ccc(-c4c5ccccc5c(-c5ccc6ccccc6c5)c5ccccc45)cc3)ccc1n2-c1ccccc1. The molecule has 0 saturated heterocycles. The van der Waals surface area contributed by atoms with E-state index in [1.807, 2.05) is 0 Å². The molecule has 2 heteroatoms. The molecule has 49 heavy (non-hydrogen) atoms. The van der Waals surface area contributed by atoms with Gasteiger partial charge in [0.05, 0.1) is 5.52 Å². The molecule has 10 rings (SSSR count). The Bertz CT molecular complexity index is 2690. The van der Waals surface area contributed by atoms with E-state index < -0.39 is 0 Å². The summed E-state index contributed by atoms with van der Waals surface area (Å²) in [7, 11) is 0. The van der Waals surface area contributed by atoms with Gasteiger partial charge in [-0.15, -0.1) is 0 Å². The van der Waals surface area contributed by atoms with Gasteiger partial charge >= 0.3 is 0 Å². The van der Waals surface area contributed by atoms with Crippen molar-refractivity contribution < 1.29 is 0 Å². The molecular formula is C47H32N2. The van der Waals surface area contributed by atoms with E-state index in [4.69, 9.17) is 0 Å². The molecule has 1 aliphatic rings. The molecule has 0 bridgehead atoms. The lowest BCUT2D eigenvalue weighted by molar-refractivity contribution is 0.875. The lowest BCUT2D eigenvalue weighted by Crippen LogP contribution is -2.07. The Morgan fingerprint density at radius 3 is 1.71 bits per heavy atom. The molecule has 0 radical (unpaired) electrons. The van der Waals surface area contributed by atoms with Crippen LogP contribution in [0.5, 0.6) is 0 Å². The average Bonchev–Trinajstić information content (AvgIpc) is 3.51. The summed E-state index contributed by atoms with van der Waals surface area (Å²) in [6.07, 6.45) is 3.02. The molecule has 1 aromatic heterocycles. The van der Waals surface area contributed by atoms with Gasteiger partial charge in [-0.3, -0.25) is 4.99 Å². The Labute approximate surface area is 285 Å². The monoisotopic (exact) mass is 624 g/mol. The Hall–Kier alpha value is -6.25. The van der Waals surface area contributed by atoms with Crippen LogP contribution in [0.3, 0.4) is 0 Å². The van der Waals surface area contributed by atoms with Crippen LogP contribution < -0.4 is 0 Å². The second kappa shape index (κ2) is 11.2. The fourth-order valence-electron chi connectivity index (χ4n) is 8.06. The zero-order valence-corrected chi connectivity index (χ0v) is 27.0. The van der Waals surface area contributed by atoms with Crippen molar-refractivity contribution in [1.29, 1.82) is 0 Å². The molecule has 0 amide bonds. The molecule has 0 spiro atoms. The predicted molar refractivity (Wildman–Crippen MR) is 208 cm³/mol. The largest absolute Gasteiger partial charge is 0.313 e. The second-order valence-corrected chi connectivity index (χ2v) is 13.0. The Morgan fingerprint density at radius 1 is 0.429 bits per heavy atom. The zero-order valence-electron chi connectivity index (χ0n) is 27.0. The van der Waals surface area contributed by atoms with Gasteiger partial charge in [-0.1, -0.05) is 133 Å². The van der Waals surface area contributed by atoms with E-state index in [-0.39, 0.29) is 0 Å². The van der Waals surface area contributed by atoms with Gasteiger partial charge in [-0.25, -0.2) is 0 Å². The number of aliphatic imine (C=N–C) groups is 1. The lowest BCUT2D eigenvalue weighted by atomic mass is 9.85. The van der Waals surface area contributed by atoms with Gasteiger partial charge in [0.1, 0.15) is 0 Å². The molecule has 1 aliphatic heterocycles. The van der Waals surface area contributed by atoms with Crippen LogP contribution in [0.15, 0.2) is 169 Å². The van der Waals surface area contributed by atoms with Crippen molar-refractivity contribution in [2.24, 2.45) is 4.99 Å². The molecule has 0 unspecified atom stereocenters. The highest BCUT2D eigenvalue weighted by molar-refractivity contribution is 6.21. The van der Waals surface area contributed by atoms with Crippen LogP contribution in [-0.2, 0) is 6.42 Å². The molecule has 0 atom stereocenters. The maximum absolute atomic E-state index is 4.67. The van der Waals surface area contributed by atoms with Crippen molar-refractivity contribution in [3.05, 3.63) is 175 Å². The molecule has 8 aromatic carbocycles. The van der Waals surface area contributed by atoms with E-state index >= 15 is 0 Å². The highest BCUT2D eigenvalue weighted by atomic mass is 15.0. The third-order valence-corrected chi connectivity index (χ3v) is 10.3. The van der Waals surface area contributed by atoms with E-state index in [2.05, 4.69) is 180 Å². The average molecular weight is 625 g/mol. The summed E-state index contributed by atoms with van der Waals surface area (Å²) in [4.78, 5) is 4.67. The summed E-state index contributed by atoms with van der Waals surface area (Å²) in [5.41, 5.74) is 12.5.